The van der Waals surface area contributed by atoms with Gasteiger partial charge >= 0.3 is 0 Å². The number of thiazole rings is 1. The molecule has 0 fully saturated rings. The first-order valence-corrected chi connectivity index (χ1v) is 9.57. The van der Waals surface area contributed by atoms with Gasteiger partial charge in [-0.1, -0.05) is 54.1 Å². The van der Waals surface area contributed by atoms with Gasteiger partial charge in [0.2, 0.25) is 0 Å². The molecule has 2 aromatic carbocycles. The highest BCUT2D eigenvalue weighted by Gasteiger charge is 2.16. The lowest BCUT2D eigenvalue weighted by Crippen LogP contribution is -2.21. The van der Waals surface area contributed by atoms with Crippen LogP contribution in [-0.4, -0.2) is 4.98 Å². The van der Waals surface area contributed by atoms with Gasteiger partial charge in [0, 0.05) is 22.5 Å². The van der Waals surface area contributed by atoms with Crippen LogP contribution in [0, 0.1) is 0 Å². The third-order valence-electron chi connectivity index (χ3n) is 4.09. The summed E-state index contributed by atoms with van der Waals surface area (Å²) in [7, 11) is 0. The van der Waals surface area contributed by atoms with Crippen LogP contribution < -0.4 is 5.32 Å². The average Bonchev–Trinajstić information content (AvgIpc) is 3.36. The number of hydrogen-bond donors (Lipinski definition) is 1. The molecule has 0 bridgehead atoms. The van der Waals surface area contributed by atoms with E-state index in [1.807, 2.05) is 54.6 Å². The molecule has 0 unspecified atom stereocenters. The van der Waals surface area contributed by atoms with Gasteiger partial charge in [-0.2, -0.15) is 0 Å². The van der Waals surface area contributed by atoms with E-state index in [2.05, 4.69) is 22.8 Å². The lowest BCUT2D eigenvalue weighted by atomic mass is 10.0. The highest BCUT2D eigenvalue weighted by Crippen LogP contribution is 2.26. The normalized spacial score (nSPS) is 12.2. The van der Waals surface area contributed by atoms with Crippen molar-refractivity contribution >= 4 is 22.9 Å². The Bertz CT molecular complexity index is 949. The Hall–Kier alpha value is -2.40. The molecule has 0 aliphatic heterocycles. The molecule has 4 aromatic rings. The predicted molar refractivity (Wildman–Crippen MR) is 106 cm³/mol. The van der Waals surface area contributed by atoms with E-state index in [4.69, 9.17) is 21.0 Å². The van der Waals surface area contributed by atoms with E-state index < -0.39 is 0 Å². The highest BCUT2D eigenvalue weighted by atomic mass is 35.5. The van der Waals surface area contributed by atoms with Crippen LogP contribution in [0.25, 0.3) is 10.6 Å². The maximum Gasteiger partial charge on any atom is 0.125 e. The first-order valence-electron chi connectivity index (χ1n) is 8.32. The summed E-state index contributed by atoms with van der Waals surface area (Å²) in [5, 5.41) is 7.37. The summed E-state index contributed by atoms with van der Waals surface area (Å²) < 4.78 is 5.63. The molecule has 0 aliphatic rings. The standard InChI is InChI=1S/C21H17ClN2OS/c22-17-10-8-16(9-11-17)21-24-18(14-26-21)13-23-20(19-7-4-12-25-19)15-5-2-1-3-6-15/h1-12,14,20,23H,13H2/t20-/m0/s1. The summed E-state index contributed by atoms with van der Waals surface area (Å²) in [6.07, 6.45) is 1.70. The molecule has 26 heavy (non-hydrogen) atoms. The molecule has 4 rings (SSSR count). The number of rotatable bonds is 6. The second kappa shape index (κ2) is 7.87. The molecule has 1 atom stereocenters. The van der Waals surface area contributed by atoms with Crippen LogP contribution in [0.5, 0.6) is 0 Å². The van der Waals surface area contributed by atoms with Crippen LogP contribution >= 0.6 is 22.9 Å². The molecule has 0 aliphatic carbocycles. The molecule has 3 nitrogen and oxygen atoms in total. The van der Waals surface area contributed by atoms with Crippen molar-refractivity contribution in [1.82, 2.24) is 10.3 Å². The Balaban J connectivity index is 1.51. The van der Waals surface area contributed by atoms with Crippen LogP contribution in [0.2, 0.25) is 5.02 Å². The Morgan fingerprint density at radius 3 is 2.54 bits per heavy atom. The molecule has 0 spiro atoms. The number of benzene rings is 2. The van der Waals surface area contributed by atoms with Crippen molar-refractivity contribution in [3.63, 3.8) is 0 Å². The zero-order chi connectivity index (χ0) is 17.8. The quantitative estimate of drug-likeness (QED) is 0.450. The van der Waals surface area contributed by atoms with Crippen molar-refractivity contribution in [3.8, 4) is 10.6 Å². The van der Waals surface area contributed by atoms with Crippen LogP contribution in [0.1, 0.15) is 23.1 Å². The topological polar surface area (TPSA) is 38.1 Å². The lowest BCUT2D eigenvalue weighted by molar-refractivity contribution is 0.444. The zero-order valence-corrected chi connectivity index (χ0v) is 15.5. The van der Waals surface area contributed by atoms with Crippen LogP contribution in [-0.2, 0) is 6.54 Å². The van der Waals surface area contributed by atoms with E-state index in [1.165, 1.54) is 0 Å². The largest absolute Gasteiger partial charge is 0.467 e. The van der Waals surface area contributed by atoms with Gasteiger partial charge in [-0.05, 0) is 29.8 Å². The van der Waals surface area contributed by atoms with E-state index in [0.717, 1.165) is 32.6 Å². The van der Waals surface area contributed by atoms with E-state index in [1.54, 1.807) is 17.6 Å². The van der Waals surface area contributed by atoms with Gasteiger partial charge < -0.3 is 4.42 Å². The van der Waals surface area contributed by atoms with E-state index in [0.29, 0.717) is 6.54 Å². The first-order chi connectivity index (χ1) is 12.8. The molecular weight excluding hydrogens is 364 g/mol. The molecule has 0 saturated heterocycles. The van der Waals surface area contributed by atoms with Gasteiger partial charge in [0.05, 0.1) is 18.0 Å². The fourth-order valence-electron chi connectivity index (χ4n) is 2.80. The van der Waals surface area contributed by atoms with E-state index >= 15 is 0 Å². The summed E-state index contributed by atoms with van der Waals surface area (Å²) in [4.78, 5) is 4.74. The molecule has 2 aromatic heterocycles. The van der Waals surface area contributed by atoms with Gasteiger partial charge in [-0.3, -0.25) is 5.32 Å². The van der Waals surface area contributed by atoms with E-state index in [9.17, 15) is 0 Å². The molecule has 0 amide bonds. The van der Waals surface area contributed by atoms with Crippen molar-refractivity contribution in [2.45, 2.75) is 12.6 Å². The third kappa shape index (κ3) is 3.88. The number of furan rings is 1. The Morgan fingerprint density at radius 2 is 1.81 bits per heavy atom. The van der Waals surface area contributed by atoms with Gasteiger partial charge in [0.15, 0.2) is 0 Å². The van der Waals surface area contributed by atoms with Crippen molar-refractivity contribution in [2.75, 3.05) is 0 Å². The van der Waals surface area contributed by atoms with Crippen molar-refractivity contribution in [1.29, 1.82) is 0 Å². The van der Waals surface area contributed by atoms with E-state index in [-0.39, 0.29) is 6.04 Å². The SMILES string of the molecule is Clc1ccc(-c2nc(CN[C@@H](c3ccccc3)c3ccco3)cs2)cc1. The third-order valence-corrected chi connectivity index (χ3v) is 5.28. The molecule has 1 N–H and O–H groups in total. The molecule has 0 radical (unpaired) electrons. The van der Waals surface area contributed by atoms with Crippen LogP contribution in [0.3, 0.4) is 0 Å². The second-order valence-electron chi connectivity index (χ2n) is 5.89. The maximum absolute atomic E-state index is 5.96. The van der Waals surface area contributed by atoms with Gasteiger partial charge in [0.1, 0.15) is 10.8 Å². The highest BCUT2D eigenvalue weighted by molar-refractivity contribution is 7.13. The summed E-state index contributed by atoms with van der Waals surface area (Å²) in [5.41, 5.74) is 3.25. The summed E-state index contributed by atoms with van der Waals surface area (Å²) in [6.45, 7) is 0.657. The number of aromatic nitrogens is 1. The van der Waals surface area contributed by atoms with Crippen molar-refractivity contribution in [3.05, 3.63) is 100 Å². The summed E-state index contributed by atoms with van der Waals surface area (Å²) in [6, 6.07) is 21.9. The number of hydrogen-bond acceptors (Lipinski definition) is 4. The summed E-state index contributed by atoms with van der Waals surface area (Å²) in [5.74, 6) is 0.893. The Morgan fingerprint density at radius 1 is 1.00 bits per heavy atom. The smallest absolute Gasteiger partial charge is 0.125 e. The van der Waals surface area contributed by atoms with Crippen molar-refractivity contribution in [2.24, 2.45) is 0 Å². The molecular formula is C21H17ClN2OS. The van der Waals surface area contributed by atoms with Gasteiger partial charge in [-0.15, -0.1) is 11.3 Å². The molecule has 0 saturated carbocycles. The maximum atomic E-state index is 5.96. The van der Waals surface area contributed by atoms with Gasteiger partial charge in [-0.25, -0.2) is 4.98 Å². The Labute approximate surface area is 161 Å². The number of halogens is 1. The fourth-order valence-corrected chi connectivity index (χ4v) is 3.76. The Kier molecular flexibility index (Phi) is 5.16. The van der Waals surface area contributed by atoms with Crippen LogP contribution in [0.4, 0.5) is 0 Å². The zero-order valence-electron chi connectivity index (χ0n) is 13.9. The lowest BCUT2D eigenvalue weighted by Gasteiger charge is -2.16. The molecule has 5 heteroatoms. The second-order valence-corrected chi connectivity index (χ2v) is 7.19. The number of nitrogens with one attached hydrogen (secondary N) is 1. The first kappa shape index (κ1) is 17.0. The summed E-state index contributed by atoms with van der Waals surface area (Å²) >= 11 is 7.60. The van der Waals surface area contributed by atoms with Crippen LogP contribution in [0.15, 0.2) is 82.8 Å². The minimum Gasteiger partial charge on any atom is -0.467 e. The molecule has 130 valence electrons. The van der Waals surface area contributed by atoms with Crippen molar-refractivity contribution < 1.29 is 4.42 Å². The monoisotopic (exact) mass is 380 g/mol. The predicted octanol–water partition coefficient (Wildman–Crippen LogP) is 5.94. The fraction of sp³-hybridized carbons (Fsp3) is 0.0952. The average molecular weight is 381 g/mol. The molecule has 2 heterocycles. The number of nitrogens with zero attached hydrogens (tertiary/aromatic N) is 1. The minimum atomic E-state index is -0.00752. The minimum absolute atomic E-state index is 0.00752. The van der Waals surface area contributed by atoms with Gasteiger partial charge in [0.25, 0.3) is 0 Å².